The monoisotopic (exact) mass is 538 g/mol. The van der Waals surface area contributed by atoms with Gasteiger partial charge in [-0.15, -0.1) is 0 Å². The van der Waals surface area contributed by atoms with E-state index in [1.165, 1.54) is 50.5 Å². The van der Waals surface area contributed by atoms with Gasteiger partial charge in [0.15, 0.2) is 5.11 Å². The summed E-state index contributed by atoms with van der Waals surface area (Å²) in [7, 11) is 0. The molecule has 5 rings (SSSR count). The molecule has 0 spiro atoms. The van der Waals surface area contributed by atoms with Gasteiger partial charge in [0.2, 0.25) is 5.95 Å². The number of hydrogen-bond acceptors (Lipinski definition) is 5. The van der Waals surface area contributed by atoms with Crippen molar-refractivity contribution in [3.63, 3.8) is 0 Å². The van der Waals surface area contributed by atoms with Crippen LogP contribution >= 0.6 is 12.2 Å². The van der Waals surface area contributed by atoms with Gasteiger partial charge < -0.3 is 20.4 Å². The van der Waals surface area contributed by atoms with Crippen molar-refractivity contribution in [1.29, 1.82) is 0 Å². The molecule has 0 amide bonds. The Balaban J connectivity index is 1.32. The maximum atomic E-state index is 13.6. The van der Waals surface area contributed by atoms with Crippen LogP contribution in [0, 0.1) is 17.7 Å². The van der Waals surface area contributed by atoms with E-state index >= 15 is 0 Å². The van der Waals surface area contributed by atoms with E-state index in [4.69, 9.17) is 22.2 Å². The molecule has 2 aliphatic heterocycles. The second-order valence-electron chi connectivity index (χ2n) is 11.9. The number of anilines is 3. The molecule has 38 heavy (non-hydrogen) atoms. The van der Waals surface area contributed by atoms with Gasteiger partial charge in [-0.2, -0.15) is 9.97 Å². The standard InChI is InChI=1S/C30H43FN6S/c1-22-12-17-36(18-13-22)26-19-27(37-16-6-7-23(2)20-37)34-28(33-26)35-29(38)32-21-30(14-4-3-5-15-30)24-8-10-25(31)11-9-24/h8-11,19,22-23H,3-7,12-18,20-21H2,1-2H3,(H2,32,33,34,35,38). The molecule has 6 nitrogen and oxygen atoms in total. The van der Waals surface area contributed by atoms with E-state index in [1.807, 2.05) is 12.1 Å². The van der Waals surface area contributed by atoms with Gasteiger partial charge in [0.05, 0.1) is 0 Å². The Labute approximate surface area is 232 Å². The third kappa shape index (κ3) is 6.56. The molecule has 0 radical (unpaired) electrons. The first-order valence-corrected chi connectivity index (χ1v) is 15.0. The lowest BCUT2D eigenvalue weighted by atomic mass is 9.69. The van der Waals surface area contributed by atoms with Gasteiger partial charge in [0.1, 0.15) is 17.5 Å². The molecule has 2 saturated heterocycles. The van der Waals surface area contributed by atoms with Gasteiger partial charge in [-0.05, 0) is 80.3 Å². The Morgan fingerprint density at radius 3 is 2.29 bits per heavy atom. The van der Waals surface area contributed by atoms with Crippen LogP contribution in [0.5, 0.6) is 0 Å². The Morgan fingerprint density at radius 1 is 0.921 bits per heavy atom. The van der Waals surface area contributed by atoms with Crippen molar-refractivity contribution in [2.45, 2.75) is 77.0 Å². The molecule has 1 aliphatic carbocycles. The van der Waals surface area contributed by atoms with Crippen molar-refractivity contribution in [2.75, 3.05) is 47.8 Å². The van der Waals surface area contributed by atoms with E-state index in [9.17, 15) is 4.39 Å². The molecule has 206 valence electrons. The van der Waals surface area contributed by atoms with Crippen molar-refractivity contribution < 1.29 is 4.39 Å². The minimum absolute atomic E-state index is 0.0417. The van der Waals surface area contributed by atoms with Crippen LogP contribution < -0.4 is 20.4 Å². The van der Waals surface area contributed by atoms with E-state index in [0.29, 0.717) is 23.5 Å². The van der Waals surface area contributed by atoms with Crippen LogP contribution in [0.3, 0.4) is 0 Å². The predicted molar refractivity (Wildman–Crippen MR) is 159 cm³/mol. The lowest BCUT2D eigenvalue weighted by molar-refractivity contribution is 0.292. The number of rotatable bonds is 6. The van der Waals surface area contributed by atoms with Crippen molar-refractivity contribution >= 4 is 34.9 Å². The normalized spacial score (nSPS) is 22.2. The number of benzene rings is 1. The molecule has 1 aromatic carbocycles. The third-order valence-electron chi connectivity index (χ3n) is 8.87. The first-order chi connectivity index (χ1) is 18.4. The predicted octanol–water partition coefficient (Wildman–Crippen LogP) is 6.28. The fraction of sp³-hybridized carbons (Fsp3) is 0.633. The average molecular weight is 539 g/mol. The van der Waals surface area contributed by atoms with Gasteiger partial charge in [-0.1, -0.05) is 45.2 Å². The number of piperidine rings is 2. The van der Waals surface area contributed by atoms with E-state index in [-0.39, 0.29) is 11.2 Å². The maximum absolute atomic E-state index is 13.6. The number of nitrogens with zero attached hydrogens (tertiary/aromatic N) is 4. The lowest BCUT2D eigenvalue weighted by Crippen LogP contribution is -2.43. The van der Waals surface area contributed by atoms with E-state index < -0.39 is 0 Å². The zero-order valence-corrected chi connectivity index (χ0v) is 23.8. The van der Waals surface area contributed by atoms with E-state index in [0.717, 1.165) is 56.6 Å². The van der Waals surface area contributed by atoms with Crippen LogP contribution in [0.4, 0.5) is 22.0 Å². The van der Waals surface area contributed by atoms with Gasteiger partial charge in [0, 0.05) is 44.2 Å². The smallest absolute Gasteiger partial charge is 0.232 e. The van der Waals surface area contributed by atoms with Crippen LogP contribution in [0.2, 0.25) is 0 Å². The third-order valence-corrected chi connectivity index (χ3v) is 9.11. The Kier molecular flexibility index (Phi) is 8.66. The van der Waals surface area contributed by atoms with Crippen molar-refractivity contribution in [3.8, 4) is 0 Å². The summed E-state index contributed by atoms with van der Waals surface area (Å²) in [6.45, 7) is 9.47. The van der Waals surface area contributed by atoms with E-state index in [1.54, 1.807) is 12.1 Å². The zero-order chi connectivity index (χ0) is 26.5. The van der Waals surface area contributed by atoms with Crippen LogP contribution in [0.1, 0.15) is 77.2 Å². The second kappa shape index (κ2) is 12.1. The first kappa shape index (κ1) is 27.1. The molecule has 2 N–H and O–H groups in total. The van der Waals surface area contributed by atoms with E-state index in [2.05, 4.69) is 40.3 Å². The fourth-order valence-electron chi connectivity index (χ4n) is 6.43. The molecule has 1 aromatic heterocycles. The van der Waals surface area contributed by atoms with Crippen LogP contribution in [-0.2, 0) is 5.41 Å². The Morgan fingerprint density at radius 2 is 1.61 bits per heavy atom. The highest BCUT2D eigenvalue weighted by Gasteiger charge is 2.34. The highest BCUT2D eigenvalue weighted by atomic mass is 32.1. The van der Waals surface area contributed by atoms with Crippen LogP contribution in [0.25, 0.3) is 0 Å². The molecule has 2 aromatic rings. The summed E-state index contributed by atoms with van der Waals surface area (Å²) in [6.07, 6.45) is 10.6. The molecular formula is C30H43FN6S. The van der Waals surface area contributed by atoms with Crippen LogP contribution in [0.15, 0.2) is 30.3 Å². The molecule has 3 aliphatic rings. The van der Waals surface area contributed by atoms with Gasteiger partial charge in [0.25, 0.3) is 0 Å². The van der Waals surface area contributed by atoms with Gasteiger partial charge in [-0.3, -0.25) is 0 Å². The van der Waals surface area contributed by atoms with Crippen molar-refractivity contribution in [3.05, 3.63) is 41.7 Å². The van der Waals surface area contributed by atoms with Crippen LogP contribution in [-0.4, -0.2) is 47.8 Å². The van der Waals surface area contributed by atoms with Crippen molar-refractivity contribution in [1.82, 2.24) is 15.3 Å². The molecule has 1 saturated carbocycles. The lowest BCUT2D eigenvalue weighted by Gasteiger charge is -2.38. The zero-order valence-electron chi connectivity index (χ0n) is 23.0. The maximum Gasteiger partial charge on any atom is 0.232 e. The fourth-order valence-corrected chi connectivity index (χ4v) is 6.60. The SMILES string of the molecule is CC1CCN(c2cc(N3CCCC(C)C3)nc(NC(=S)NCC3(c4ccc(F)cc4)CCCCC3)n2)CC1. The number of nitrogens with one attached hydrogen (secondary N) is 2. The molecule has 3 heterocycles. The molecule has 8 heteroatoms. The highest BCUT2D eigenvalue weighted by molar-refractivity contribution is 7.80. The summed E-state index contributed by atoms with van der Waals surface area (Å²) in [5.41, 5.74) is 1.15. The quantitative estimate of drug-likeness (QED) is 0.420. The summed E-state index contributed by atoms with van der Waals surface area (Å²) < 4.78 is 13.6. The topological polar surface area (TPSA) is 56.3 Å². The summed E-state index contributed by atoms with van der Waals surface area (Å²) in [4.78, 5) is 14.6. The summed E-state index contributed by atoms with van der Waals surface area (Å²) >= 11 is 5.77. The molecule has 0 bridgehead atoms. The largest absolute Gasteiger partial charge is 0.361 e. The molecular weight excluding hydrogens is 495 g/mol. The highest BCUT2D eigenvalue weighted by Crippen LogP contribution is 2.39. The average Bonchev–Trinajstić information content (AvgIpc) is 2.93. The molecule has 1 unspecified atom stereocenters. The Hall–Kier alpha value is -2.48. The number of halogens is 1. The minimum atomic E-state index is -0.191. The summed E-state index contributed by atoms with van der Waals surface area (Å²) in [5, 5.41) is 7.35. The molecule has 3 fully saturated rings. The summed E-state index contributed by atoms with van der Waals surface area (Å²) in [5.74, 6) is 3.77. The van der Waals surface area contributed by atoms with Crippen molar-refractivity contribution in [2.24, 2.45) is 11.8 Å². The number of hydrogen-bond donors (Lipinski definition) is 2. The molecule has 1 atom stereocenters. The minimum Gasteiger partial charge on any atom is -0.361 e. The second-order valence-corrected chi connectivity index (χ2v) is 12.3. The first-order valence-electron chi connectivity index (χ1n) is 14.6. The number of thiocarbonyl (C=S) groups is 1. The van der Waals surface area contributed by atoms with Gasteiger partial charge in [-0.25, -0.2) is 4.39 Å². The Bertz CT molecular complexity index is 1080. The number of aromatic nitrogens is 2. The van der Waals surface area contributed by atoms with Gasteiger partial charge >= 0.3 is 0 Å². The summed E-state index contributed by atoms with van der Waals surface area (Å²) in [6, 6.07) is 9.20.